The number of aromatic nitrogens is 1. The van der Waals surface area contributed by atoms with Gasteiger partial charge < -0.3 is 23.4 Å². The van der Waals surface area contributed by atoms with E-state index in [1.807, 2.05) is 0 Å². The summed E-state index contributed by atoms with van der Waals surface area (Å²) in [6, 6.07) is 7.42. The highest BCUT2D eigenvalue weighted by atomic mass is 16.5. The first-order valence-electron chi connectivity index (χ1n) is 8.21. The van der Waals surface area contributed by atoms with Crippen LogP contribution in [0.15, 0.2) is 45.4 Å². The number of nitrogens with zero attached hydrogens (tertiary/aromatic N) is 1. The number of carbonyl (C=O) groups is 1. The Kier molecular flexibility index (Phi) is 5.46. The van der Waals surface area contributed by atoms with Gasteiger partial charge in [-0.3, -0.25) is 5.32 Å². The Labute approximate surface area is 155 Å². The molecule has 8 heteroatoms. The number of furan rings is 1. The summed E-state index contributed by atoms with van der Waals surface area (Å²) in [6.45, 7) is 2.03. The molecule has 1 unspecified atom stereocenters. The lowest BCUT2D eigenvalue weighted by atomic mass is 10.1. The van der Waals surface area contributed by atoms with E-state index >= 15 is 0 Å². The lowest BCUT2D eigenvalue weighted by Gasteiger charge is -2.17. The first kappa shape index (κ1) is 18.5. The van der Waals surface area contributed by atoms with Crippen LogP contribution >= 0.6 is 0 Å². The fourth-order valence-electron chi connectivity index (χ4n) is 2.64. The van der Waals surface area contributed by atoms with E-state index in [0.29, 0.717) is 34.4 Å². The minimum absolute atomic E-state index is 0.0663. The van der Waals surface area contributed by atoms with Crippen LogP contribution in [0.5, 0.6) is 11.5 Å². The highest BCUT2D eigenvalue weighted by Gasteiger charge is 2.23. The second-order valence-corrected chi connectivity index (χ2v) is 5.77. The predicted octanol–water partition coefficient (Wildman–Crippen LogP) is 2.96. The molecule has 2 heterocycles. The van der Waals surface area contributed by atoms with Gasteiger partial charge in [-0.25, -0.2) is 9.78 Å². The third-order valence-electron chi connectivity index (χ3n) is 4.07. The number of hydrogen-bond acceptors (Lipinski definition) is 8. The Hall–Kier alpha value is -3.26. The van der Waals surface area contributed by atoms with Gasteiger partial charge in [0, 0.05) is 6.54 Å². The number of aromatic hydroxyl groups is 1. The van der Waals surface area contributed by atoms with Crippen molar-refractivity contribution in [2.75, 3.05) is 14.2 Å². The van der Waals surface area contributed by atoms with E-state index in [9.17, 15) is 9.90 Å². The highest BCUT2D eigenvalue weighted by molar-refractivity contribution is 5.77. The third-order valence-corrected chi connectivity index (χ3v) is 4.07. The Morgan fingerprint density at radius 2 is 2.15 bits per heavy atom. The van der Waals surface area contributed by atoms with Crippen LogP contribution in [0.4, 0.5) is 0 Å². The van der Waals surface area contributed by atoms with Crippen LogP contribution in [-0.2, 0) is 16.1 Å². The summed E-state index contributed by atoms with van der Waals surface area (Å²) in [5, 5.41) is 13.1. The number of carbonyl (C=O) groups excluding carboxylic acids is 1. The zero-order chi connectivity index (χ0) is 19.4. The molecule has 0 aliphatic carbocycles. The summed E-state index contributed by atoms with van der Waals surface area (Å²) in [7, 11) is 2.76. The topological polar surface area (TPSA) is 107 Å². The molecule has 0 bridgehead atoms. The molecule has 0 amide bonds. The summed E-state index contributed by atoms with van der Waals surface area (Å²) in [4.78, 5) is 16.6. The van der Waals surface area contributed by atoms with Crippen molar-refractivity contribution in [3.8, 4) is 23.1 Å². The molecule has 27 heavy (non-hydrogen) atoms. The molecule has 0 radical (unpaired) electrons. The van der Waals surface area contributed by atoms with Gasteiger partial charge in [0.05, 0.1) is 26.2 Å². The second-order valence-electron chi connectivity index (χ2n) is 5.77. The number of phenolic OH excluding ortho intramolecular Hbond substituents is 1. The van der Waals surface area contributed by atoms with Crippen molar-refractivity contribution in [2.45, 2.75) is 19.5 Å². The lowest BCUT2D eigenvalue weighted by Crippen LogP contribution is -2.29. The first-order valence-corrected chi connectivity index (χ1v) is 8.21. The molecular weight excluding hydrogens is 352 g/mol. The lowest BCUT2D eigenvalue weighted by molar-refractivity contribution is -0.143. The number of oxazole rings is 1. The Bertz CT molecular complexity index is 916. The van der Waals surface area contributed by atoms with Gasteiger partial charge in [0.15, 0.2) is 17.3 Å². The molecule has 3 rings (SSSR count). The van der Waals surface area contributed by atoms with Crippen molar-refractivity contribution in [1.29, 1.82) is 0 Å². The van der Waals surface area contributed by atoms with E-state index in [-0.39, 0.29) is 12.3 Å². The summed E-state index contributed by atoms with van der Waals surface area (Å²) in [5.74, 6) is 1.25. The number of methoxy groups -OCH3 is 2. The number of hydrogen-bond donors (Lipinski definition) is 2. The van der Waals surface area contributed by atoms with Crippen LogP contribution in [-0.4, -0.2) is 30.3 Å². The number of aryl methyl sites for hydroxylation is 1. The molecule has 8 nitrogen and oxygen atoms in total. The van der Waals surface area contributed by atoms with Crippen molar-refractivity contribution in [2.24, 2.45) is 0 Å². The molecule has 0 saturated heterocycles. The Morgan fingerprint density at radius 1 is 1.33 bits per heavy atom. The standard InChI is InChI=1S/C19H20N2O6/c1-11-13(21-18(27-11)16-5-4-8-26-16)10-20-17(19(23)25-3)12-6-7-15(24-2)14(22)9-12/h4-9,17,20,22H,10H2,1-3H3. The predicted molar refractivity (Wildman–Crippen MR) is 95.2 cm³/mol. The average molecular weight is 372 g/mol. The number of esters is 1. The van der Waals surface area contributed by atoms with Crippen molar-refractivity contribution in [1.82, 2.24) is 10.3 Å². The third kappa shape index (κ3) is 3.95. The van der Waals surface area contributed by atoms with Crippen LogP contribution < -0.4 is 10.1 Å². The van der Waals surface area contributed by atoms with Crippen molar-refractivity contribution < 1.29 is 28.2 Å². The first-order chi connectivity index (χ1) is 13.0. The zero-order valence-electron chi connectivity index (χ0n) is 15.2. The van der Waals surface area contributed by atoms with E-state index in [2.05, 4.69) is 10.3 Å². The Morgan fingerprint density at radius 3 is 2.78 bits per heavy atom. The molecular formula is C19H20N2O6. The van der Waals surface area contributed by atoms with Crippen LogP contribution in [0.25, 0.3) is 11.7 Å². The minimum Gasteiger partial charge on any atom is -0.504 e. The highest BCUT2D eigenvalue weighted by Crippen LogP contribution is 2.30. The SMILES string of the molecule is COC(=O)C(NCc1nc(-c2ccco2)oc1C)c1ccc(OC)c(O)c1. The van der Waals surface area contributed by atoms with Gasteiger partial charge in [-0.05, 0) is 36.8 Å². The number of nitrogens with one attached hydrogen (secondary N) is 1. The van der Waals surface area contributed by atoms with E-state index < -0.39 is 12.0 Å². The maximum atomic E-state index is 12.2. The zero-order valence-corrected chi connectivity index (χ0v) is 15.2. The average Bonchev–Trinajstić information content (AvgIpc) is 3.32. The van der Waals surface area contributed by atoms with Gasteiger partial charge >= 0.3 is 5.97 Å². The van der Waals surface area contributed by atoms with E-state index in [4.69, 9.17) is 18.3 Å². The molecule has 0 spiro atoms. The van der Waals surface area contributed by atoms with Crippen molar-refractivity contribution >= 4 is 5.97 Å². The molecule has 2 N–H and O–H groups in total. The molecule has 142 valence electrons. The summed E-state index contributed by atoms with van der Waals surface area (Å²) in [6.07, 6.45) is 1.54. The molecule has 0 saturated carbocycles. The maximum absolute atomic E-state index is 12.2. The summed E-state index contributed by atoms with van der Waals surface area (Å²) >= 11 is 0. The van der Waals surface area contributed by atoms with Gasteiger partial charge in [-0.15, -0.1) is 0 Å². The van der Waals surface area contributed by atoms with Gasteiger partial charge in [-0.2, -0.15) is 0 Å². The van der Waals surface area contributed by atoms with Crippen LogP contribution in [0.2, 0.25) is 0 Å². The monoisotopic (exact) mass is 372 g/mol. The summed E-state index contributed by atoms with van der Waals surface area (Å²) in [5.41, 5.74) is 1.17. The van der Waals surface area contributed by atoms with Gasteiger partial charge in [0.25, 0.3) is 5.89 Å². The number of benzene rings is 1. The molecule has 1 aromatic carbocycles. The van der Waals surface area contributed by atoms with Gasteiger partial charge in [0.1, 0.15) is 11.8 Å². The molecule has 3 aromatic rings. The number of phenols is 1. The van der Waals surface area contributed by atoms with Gasteiger partial charge in [-0.1, -0.05) is 6.07 Å². The van der Waals surface area contributed by atoms with Gasteiger partial charge in [0.2, 0.25) is 0 Å². The summed E-state index contributed by atoms with van der Waals surface area (Å²) < 4.78 is 20.8. The molecule has 1 atom stereocenters. The normalized spacial score (nSPS) is 12.0. The quantitative estimate of drug-likeness (QED) is 0.610. The fourth-order valence-corrected chi connectivity index (χ4v) is 2.64. The molecule has 0 aliphatic rings. The van der Waals surface area contributed by atoms with E-state index in [0.717, 1.165) is 0 Å². The van der Waals surface area contributed by atoms with Crippen molar-refractivity contribution in [3.63, 3.8) is 0 Å². The van der Waals surface area contributed by atoms with Crippen molar-refractivity contribution in [3.05, 3.63) is 53.6 Å². The fraction of sp³-hybridized carbons (Fsp3) is 0.263. The minimum atomic E-state index is -0.796. The second kappa shape index (κ2) is 7.96. The Balaban J connectivity index is 1.80. The molecule has 2 aromatic heterocycles. The molecule has 0 aliphatic heterocycles. The van der Waals surface area contributed by atoms with E-state index in [1.54, 1.807) is 31.2 Å². The maximum Gasteiger partial charge on any atom is 0.327 e. The smallest absolute Gasteiger partial charge is 0.327 e. The van der Waals surface area contributed by atoms with Crippen LogP contribution in [0, 0.1) is 6.92 Å². The van der Waals surface area contributed by atoms with Crippen LogP contribution in [0.1, 0.15) is 23.1 Å². The van der Waals surface area contributed by atoms with Crippen LogP contribution in [0.3, 0.4) is 0 Å². The number of rotatable bonds is 7. The molecule has 0 fully saturated rings. The largest absolute Gasteiger partial charge is 0.504 e. The van der Waals surface area contributed by atoms with E-state index in [1.165, 1.54) is 26.5 Å². The number of ether oxygens (including phenoxy) is 2.